The minimum atomic E-state index is -0.192. The molecule has 1 saturated heterocycles. The molecule has 1 heterocycles. The van der Waals surface area contributed by atoms with Crippen LogP contribution in [-0.4, -0.2) is 19.0 Å². The van der Waals surface area contributed by atoms with E-state index in [9.17, 15) is 4.79 Å². The van der Waals surface area contributed by atoms with Gasteiger partial charge in [-0.3, -0.25) is 4.79 Å². The van der Waals surface area contributed by atoms with Crippen LogP contribution in [0.15, 0.2) is 12.1 Å². The fourth-order valence-electron chi connectivity index (χ4n) is 3.62. The highest BCUT2D eigenvalue weighted by atomic mass is 16.1. The number of amides is 1. The van der Waals surface area contributed by atoms with Gasteiger partial charge in [-0.05, 0) is 50.3 Å². The number of hydrogen-bond acceptors (Lipinski definition) is 2. The number of aryl methyl sites for hydroxylation is 3. The molecule has 0 spiro atoms. The van der Waals surface area contributed by atoms with E-state index in [4.69, 9.17) is 5.73 Å². The predicted octanol–water partition coefficient (Wildman–Crippen LogP) is 2.11. The van der Waals surface area contributed by atoms with E-state index >= 15 is 0 Å². The standard InChI is InChI=1S/C16H24N2O/c1-11-7-12(2)15(13(3)8-11)16(10-17)5-4-6-18-14(19)9-16/h7-8H,4-6,9-10,17H2,1-3H3,(H,18,19). The summed E-state index contributed by atoms with van der Waals surface area (Å²) in [6, 6.07) is 4.39. The first-order chi connectivity index (χ1) is 8.98. The molecular weight excluding hydrogens is 236 g/mol. The highest BCUT2D eigenvalue weighted by Crippen LogP contribution is 2.38. The average molecular weight is 260 g/mol. The highest BCUT2D eigenvalue weighted by molar-refractivity contribution is 5.78. The van der Waals surface area contributed by atoms with Crippen LogP contribution in [-0.2, 0) is 10.2 Å². The number of benzene rings is 1. The summed E-state index contributed by atoms with van der Waals surface area (Å²) < 4.78 is 0. The van der Waals surface area contributed by atoms with Crippen molar-refractivity contribution in [2.75, 3.05) is 13.1 Å². The lowest BCUT2D eigenvalue weighted by atomic mass is 9.71. The summed E-state index contributed by atoms with van der Waals surface area (Å²) in [5, 5.41) is 2.96. The number of carbonyl (C=O) groups is 1. The van der Waals surface area contributed by atoms with Crippen molar-refractivity contribution in [1.29, 1.82) is 0 Å². The zero-order valence-corrected chi connectivity index (χ0v) is 12.2. The van der Waals surface area contributed by atoms with Gasteiger partial charge < -0.3 is 11.1 Å². The van der Waals surface area contributed by atoms with Gasteiger partial charge in [0.15, 0.2) is 0 Å². The van der Waals surface area contributed by atoms with Gasteiger partial charge in [-0.15, -0.1) is 0 Å². The van der Waals surface area contributed by atoms with Gasteiger partial charge >= 0.3 is 0 Å². The Balaban J connectivity index is 2.54. The van der Waals surface area contributed by atoms with Crippen LogP contribution < -0.4 is 11.1 Å². The summed E-state index contributed by atoms with van der Waals surface area (Å²) in [6.45, 7) is 7.68. The molecule has 3 N–H and O–H groups in total. The highest BCUT2D eigenvalue weighted by Gasteiger charge is 2.36. The van der Waals surface area contributed by atoms with Gasteiger partial charge in [0.2, 0.25) is 5.91 Å². The molecular formula is C16H24N2O. The first-order valence-electron chi connectivity index (χ1n) is 7.03. The molecule has 104 valence electrons. The number of carbonyl (C=O) groups excluding carboxylic acids is 1. The Kier molecular flexibility index (Phi) is 3.95. The minimum absolute atomic E-state index is 0.127. The fraction of sp³-hybridized carbons (Fsp3) is 0.562. The summed E-state index contributed by atoms with van der Waals surface area (Å²) >= 11 is 0. The van der Waals surface area contributed by atoms with Gasteiger partial charge in [0.05, 0.1) is 0 Å². The Morgan fingerprint density at radius 2 is 1.89 bits per heavy atom. The smallest absolute Gasteiger partial charge is 0.220 e. The second kappa shape index (κ2) is 5.33. The normalized spacial score (nSPS) is 23.9. The largest absolute Gasteiger partial charge is 0.356 e. The molecule has 1 aromatic rings. The van der Waals surface area contributed by atoms with Gasteiger partial charge in [0.1, 0.15) is 0 Å². The second-order valence-electron chi connectivity index (χ2n) is 5.89. The fourth-order valence-corrected chi connectivity index (χ4v) is 3.62. The van der Waals surface area contributed by atoms with E-state index in [1.807, 2.05) is 0 Å². The first-order valence-corrected chi connectivity index (χ1v) is 7.03. The Labute approximate surface area is 115 Å². The van der Waals surface area contributed by atoms with Crippen molar-refractivity contribution in [3.8, 4) is 0 Å². The molecule has 3 heteroatoms. The van der Waals surface area contributed by atoms with Crippen LogP contribution in [0.2, 0.25) is 0 Å². The van der Waals surface area contributed by atoms with Crippen LogP contribution in [0.3, 0.4) is 0 Å². The molecule has 0 aromatic heterocycles. The first kappa shape index (κ1) is 14.1. The Morgan fingerprint density at radius 1 is 1.26 bits per heavy atom. The second-order valence-corrected chi connectivity index (χ2v) is 5.89. The number of hydrogen-bond donors (Lipinski definition) is 2. The van der Waals surface area contributed by atoms with E-state index in [-0.39, 0.29) is 11.3 Å². The monoisotopic (exact) mass is 260 g/mol. The molecule has 19 heavy (non-hydrogen) atoms. The summed E-state index contributed by atoms with van der Waals surface area (Å²) in [4.78, 5) is 12.0. The molecule has 1 amide bonds. The summed E-state index contributed by atoms with van der Waals surface area (Å²) in [7, 11) is 0. The predicted molar refractivity (Wildman–Crippen MR) is 78.2 cm³/mol. The molecule has 1 atom stereocenters. The maximum Gasteiger partial charge on any atom is 0.220 e. The van der Waals surface area contributed by atoms with Crippen LogP contribution >= 0.6 is 0 Å². The molecule has 1 aromatic carbocycles. The topological polar surface area (TPSA) is 55.1 Å². The maximum atomic E-state index is 12.0. The van der Waals surface area contributed by atoms with Crippen LogP contribution in [0.1, 0.15) is 41.5 Å². The van der Waals surface area contributed by atoms with Crippen molar-refractivity contribution in [2.45, 2.75) is 45.4 Å². The van der Waals surface area contributed by atoms with Crippen molar-refractivity contribution >= 4 is 5.91 Å². The van der Waals surface area contributed by atoms with E-state index in [0.717, 1.165) is 19.4 Å². The number of nitrogens with two attached hydrogens (primary N) is 1. The lowest BCUT2D eigenvalue weighted by molar-refractivity contribution is -0.121. The summed E-state index contributed by atoms with van der Waals surface area (Å²) in [5.74, 6) is 0.127. The Hall–Kier alpha value is -1.35. The molecule has 0 bridgehead atoms. The van der Waals surface area contributed by atoms with E-state index < -0.39 is 0 Å². The Bertz CT molecular complexity index is 473. The third kappa shape index (κ3) is 2.66. The molecule has 1 aliphatic rings. The van der Waals surface area contributed by atoms with Crippen molar-refractivity contribution in [1.82, 2.24) is 5.32 Å². The van der Waals surface area contributed by atoms with Gasteiger partial charge in [0, 0.05) is 24.9 Å². The third-order valence-corrected chi connectivity index (χ3v) is 4.25. The third-order valence-electron chi connectivity index (χ3n) is 4.25. The van der Waals surface area contributed by atoms with Gasteiger partial charge in [-0.2, -0.15) is 0 Å². The van der Waals surface area contributed by atoms with E-state index in [1.54, 1.807) is 0 Å². The van der Waals surface area contributed by atoms with E-state index in [2.05, 4.69) is 38.2 Å². The van der Waals surface area contributed by atoms with Crippen LogP contribution in [0.5, 0.6) is 0 Å². The number of nitrogens with one attached hydrogen (secondary N) is 1. The van der Waals surface area contributed by atoms with Crippen molar-refractivity contribution in [3.05, 3.63) is 34.4 Å². The van der Waals surface area contributed by atoms with Crippen LogP contribution in [0.4, 0.5) is 0 Å². The zero-order chi connectivity index (χ0) is 14.0. The minimum Gasteiger partial charge on any atom is -0.356 e. The number of rotatable bonds is 2. The summed E-state index contributed by atoms with van der Waals surface area (Å²) in [5.41, 5.74) is 11.0. The van der Waals surface area contributed by atoms with E-state index in [1.165, 1.54) is 22.3 Å². The quantitative estimate of drug-likeness (QED) is 0.855. The molecule has 1 unspecified atom stereocenters. The molecule has 2 rings (SSSR count). The molecule has 3 nitrogen and oxygen atoms in total. The molecule has 1 fully saturated rings. The lowest BCUT2D eigenvalue weighted by Crippen LogP contribution is -2.39. The molecule has 0 aliphatic carbocycles. The zero-order valence-electron chi connectivity index (χ0n) is 12.2. The average Bonchev–Trinajstić information content (AvgIpc) is 2.50. The van der Waals surface area contributed by atoms with Gasteiger partial charge in [-0.1, -0.05) is 17.7 Å². The van der Waals surface area contributed by atoms with Gasteiger partial charge in [0.25, 0.3) is 0 Å². The SMILES string of the molecule is Cc1cc(C)c(C2(CN)CCCNC(=O)C2)c(C)c1. The molecule has 0 saturated carbocycles. The van der Waals surface area contributed by atoms with Crippen LogP contribution in [0, 0.1) is 20.8 Å². The van der Waals surface area contributed by atoms with Crippen LogP contribution in [0.25, 0.3) is 0 Å². The van der Waals surface area contributed by atoms with E-state index in [0.29, 0.717) is 13.0 Å². The van der Waals surface area contributed by atoms with Crippen molar-refractivity contribution < 1.29 is 4.79 Å². The maximum absolute atomic E-state index is 12.0. The lowest BCUT2D eigenvalue weighted by Gasteiger charge is -2.34. The summed E-state index contributed by atoms with van der Waals surface area (Å²) in [6.07, 6.45) is 2.48. The Morgan fingerprint density at radius 3 is 2.47 bits per heavy atom. The van der Waals surface area contributed by atoms with Crippen molar-refractivity contribution in [3.63, 3.8) is 0 Å². The van der Waals surface area contributed by atoms with Crippen molar-refractivity contribution in [2.24, 2.45) is 5.73 Å². The molecule has 0 radical (unpaired) electrons. The molecule has 1 aliphatic heterocycles. The van der Waals surface area contributed by atoms with Gasteiger partial charge in [-0.25, -0.2) is 0 Å².